The number of nitrogens with zero attached hydrogens (tertiary/aromatic N) is 2. The fourth-order valence-corrected chi connectivity index (χ4v) is 3.79. The lowest BCUT2D eigenvalue weighted by Crippen LogP contribution is -2.45. The number of benzene rings is 2. The number of rotatable bonds is 5. The summed E-state index contributed by atoms with van der Waals surface area (Å²) in [7, 11) is 0. The van der Waals surface area contributed by atoms with Crippen molar-refractivity contribution >= 4 is 35.0 Å². The normalized spacial score (nSPS) is 14.8. The fourth-order valence-electron chi connectivity index (χ4n) is 2.74. The van der Waals surface area contributed by atoms with Gasteiger partial charge in [0, 0.05) is 40.0 Å². The van der Waals surface area contributed by atoms with Gasteiger partial charge in [0.1, 0.15) is 0 Å². The molecule has 136 valence electrons. The molecule has 0 aromatic heterocycles. The maximum atomic E-state index is 12.7. The SMILES string of the molecule is O=C(NN1CCCCC1)c1cc([N+](=O)[O-])ccc1Sc1ccc(Cl)cc1. The molecule has 1 aliphatic rings. The van der Waals surface area contributed by atoms with Crippen LogP contribution in [-0.2, 0) is 0 Å². The number of hydrogen-bond donors (Lipinski definition) is 1. The van der Waals surface area contributed by atoms with E-state index in [0.717, 1.165) is 37.2 Å². The molecule has 1 N–H and O–H groups in total. The number of carbonyl (C=O) groups is 1. The summed E-state index contributed by atoms with van der Waals surface area (Å²) in [6.45, 7) is 1.58. The summed E-state index contributed by atoms with van der Waals surface area (Å²) in [5.41, 5.74) is 3.07. The van der Waals surface area contributed by atoms with Crippen LogP contribution in [-0.4, -0.2) is 28.9 Å². The van der Waals surface area contributed by atoms with Gasteiger partial charge in [0.15, 0.2) is 0 Å². The highest BCUT2D eigenvalue weighted by molar-refractivity contribution is 7.99. The van der Waals surface area contributed by atoms with E-state index in [1.165, 1.54) is 23.9 Å². The standard InChI is InChI=1S/C18H18ClN3O3S/c19-13-4-7-15(8-5-13)26-17-9-6-14(22(24)25)12-16(17)18(23)20-21-10-2-1-3-11-21/h4-9,12H,1-3,10-11H2,(H,20,23). The van der Waals surface area contributed by atoms with Crippen molar-refractivity contribution < 1.29 is 9.72 Å². The lowest BCUT2D eigenvalue weighted by molar-refractivity contribution is -0.384. The highest BCUT2D eigenvalue weighted by Crippen LogP contribution is 2.33. The average Bonchev–Trinajstić information content (AvgIpc) is 2.64. The molecule has 8 heteroatoms. The molecule has 0 aliphatic carbocycles. The first-order valence-electron chi connectivity index (χ1n) is 8.31. The third kappa shape index (κ3) is 4.75. The topological polar surface area (TPSA) is 75.5 Å². The number of nitro benzene ring substituents is 1. The Morgan fingerprint density at radius 3 is 2.46 bits per heavy atom. The largest absolute Gasteiger partial charge is 0.285 e. The third-order valence-corrected chi connectivity index (χ3v) is 5.41. The van der Waals surface area contributed by atoms with Gasteiger partial charge in [-0.05, 0) is 43.2 Å². The molecule has 1 amide bonds. The molecule has 2 aromatic carbocycles. The predicted octanol–water partition coefficient (Wildman–Crippen LogP) is 4.53. The van der Waals surface area contributed by atoms with Crippen LogP contribution >= 0.6 is 23.4 Å². The average molecular weight is 392 g/mol. The Balaban J connectivity index is 1.86. The molecule has 1 aliphatic heterocycles. The molecule has 26 heavy (non-hydrogen) atoms. The Bertz CT molecular complexity index is 808. The molecule has 0 bridgehead atoms. The van der Waals surface area contributed by atoms with Crippen molar-refractivity contribution in [2.75, 3.05) is 13.1 Å². The number of amides is 1. The number of hydrazine groups is 1. The zero-order valence-corrected chi connectivity index (χ0v) is 15.6. The highest BCUT2D eigenvalue weighted by Gasteiger charge is 2.20. The Morgan fingerprint density at radius 2 is 1.81 bits per heavy atom. The minimum absolute atomic E-state index is 0.103. The molecule has 0 atom stereocenters. The number of nitrogens with one attached hydrogen (secondary N) is 1. The van der Waals surface area contributed by atoms with E-state index in [4.69, 9.17) is 11.6 Å². The summed E-state index contributed by atoms with van der Waals surface area (Å²) in [5.74, 6) is -0.327. The molecular weight excluding hydrogens is 374 g/mol. The van der Waals surface area contributed by atoms with Gasteiger partial charge >= 0.3 is 0 Å². The van der Waals surface area contributed by atoms with Crippen molar-refractivity contribution in [1.29, 1.82) is 0 Å². The Morgan fingerprint density at radius 1 is 1.12 bits per heavy atom. The van der Waals surface area contributed by atoms with Crippen molar-refractivity contribution in [2.45, 2.75) is 29.1 Å². The van der Waals surface area contributed by atoms with Crippen LogP contribution < -0.4 is 5.43 Å². The van der Waals surface area contributed by atoms with Gasteiger partial charge < -0.3 is 0 Å². The summed E-state index contributed by atoms with van der Waals surface area (Å²) in [6.07, 6.45) is 3.21. The first-order valence-corrected chi connectivity index (χ1v) is 9.50. The van der Waals surface area contributed by atoms with Crippen LogP contribution in [0.25, 0.3) is 0 Å². The molecule has 2 aromatic rings. The number of non-ortho nitro benzene ring substituents is 1. The maximum absolute atomic E-state index is 12.7. The van der Waals surface area contributed by atoms with Crippen molar-refractivity contribution in [2.24, 2.45) is 0 Å². The van der Waals surface area contributed by atoms with Crippen LogP contribution in [0.15, 0.2) is 52.3 Å². The van der Waals surface area contributed by atoms with Gasteiger partial charge in [0.2, 0.25) is 0 Å². The van der Waals surface area contributed by atoms with Gasteiger partial charge in [-0.3, -0.25) is 20.3 Å². The zero-order valence-electron chi connectivity index (χ0n) is 14.0. The van der Waals surface area contributed by atoms with E-state index >= 15 is 0 Å². The van der Waals surface area contributed by atoms with Gasteiger partial charge in [-0.1, -0.05) is 29.8 Å². The minimum Gasteiger partial charge on any atom is -0.285 e. The summed E-state index contributed by atoms with van der Waals surface area (Å²) < 4.78 is 0. The van der Waals surface area contributed by atoms with E-state index in [0.29, 0.717) is 15.5 Å². The smallest absolute Gasteiger partial charge is 0.270 e. The number of nitro groups is 1. The molecular formula is C18H18ClN3O3S. The number of carbonyl (C=O) groups excluding carboxylic acids is 1. The first-order chi connectivity index (χ1) is 12.5. The first kappa shape index (κ1) is 18.7. The molecule has 0 radical (unpaired) electrons. The van der Waals surface area contributed by atoms with Crippen molar-refractivity contribution in [1.82, 2.24) is 10.4 Å². The van der Waals surface area contributed by atoms with Crippen LogP contribution in [0.1, 0.15) is 29.6 Å². The van der Waals surface area contributed by atoms with Crippen LogP contribution in [0.4, 0.5) is 5.69 Å². The van der Waals surface area contributed by atoms with Crippen molar-refractivity contribution in [3.05, 3.63) is 63.2 Å². The summed E-state index contributed by atoms with van der Waals surface area (Å²) >= 11 is 7.28. The molecule has 1 fully saturated rings. The van der Waals surface area contributed by atoms with Crippen LogP contribution in [0.2, 0.25) is 5.02 Å². The molecule has 1 saturated heterocycles. The fraction of sp³-hybridized carbons (Fsp3) is 0.278. The van der Waals surface area contributed by atoms with E-state index in [1.807, 2.05) is 17.1 Å². The number of hydrogen-bond acceptors (Lipinski definition) is 5. The van der Waals surface area contributed by atoms with E-state index in [9.17, 15) is 14.9 Å². The van der Waals surface area contributed by atoms with Gasteiger partial charge in [-0.2, -0.15) is 0 Å². The molecule has 6 nitrogen and oxygen atoms in total. The van der Waals surface area contributed by atoms with Crippen LogP contribution in [0.3, 0.4) is 0 Å². The second-order valence-corrected chi connectivity index (χ2v) is 7.53. The molecule has 0 unspecified atom stereocenters. The maximum Gasteiger partial charge on any atom is 0.270 e. The van der Waals surface area contributed by atoms with Crippen LogP contribution in [0, 0.1) is 10.1 Å². The van der Waals surface area contributed by atoms with Gasteiger partial charge in [-0.15, -0.1) is 0 Å². The third-order valence-electron chi connectivity index (χ3n) is 4.08. The van der Waals surface area contributed by atoms with E-state index in [1.54, 1.807) is 18.2 Å². The Labute approximate surface area is 160 Å². The lowest BCUT2D eigenvalue weighted by atomic mass is 10.1. The highest BCUT2D eigenvalue weighted by atomic mass is 35.5. The second kappa shape index (κ2) is 8.53. The molecule has 0 spiro atoms. The van der Waals surface area contributed by atoms with E-state index in [-0.39, 0.29) is 11.6 Å². The summed E-state index contributed by atoms with van der Waals surface area (Å²) in [6, 6.07) is 11.6. The predicted molar refractivity (Wildman–Crippen MR) is 102 cm³/mol. The number of piperidine rings is 1. The quantitative estimate of drug-likeness (QED) is 0.598. The van der Waals surface area contributed by atoms with E-state index in [2.05, 4.69) is 5.43 Å². The Kier molecular flexibility index (Phi) is 6.13. The number of halogens is 1. The monoisotopic (exact) mass is 391 g/mol. The van der Waals surface area contributed by atoms with Crippen molar-refractivity contribution in [3.8, 4) is 0 Å². The molecule has 1 heterocycles. The lowest BCUT2D eigenvalue weighted by Gasteiger charge is -2.27. The minimum atomic E-state index is -0.492. The van der Waals surface area contributed by atoms with Crippen LogP contribution in [0.5, 0.6) is 0 Å². The summed E-state index contributed by atoms with van der Waals surface area (Å²) in [4.78, 5) is 24.9. The van der Waals surface area contributed by atoms with Gasteiger partial charge in [0.25, 0.3) is 11.6 Å². The Hall–Kier alpha value is -2.09. The van der Waals surface area contributed by atoms with Gasteiger partial charge in [0.05, 0.1) is 10.5 Å². The second-order valence-electron chi connectivity index (χ2n) is 5.98. The van der Waals surface area contributed by atoms with E-state index < -0.39 is 4.92 Å². The van der Waals surface area contributed by atoms with Crippen molar-refractivity contribution in [3.63, 3.8) is 0 Å². The van der Waals surface area contributed by atoms with Gasteiger partial charge in [-0.25, -0.2) is 5.01 Å². The molecule has 0 saturated carbocycles. The zero-order chi connectivity index (χ0) is 18.5. The summed E-state index contributed by atoms with van der Waals surface area (Å²) in [5, 5.41) is 13.6. The molecule has 3 rings (SSSR count).